The number of hydrogen-bond acceptors (Lipinski definition) is 6. The third kappa shape index (κ3) is 2.58. The molecule has 2 bridgehead atoms. The number of aryl methyl sites for hydroxylation is 1. The monoisotopic (exact) mass is 374 g/mol. The van der Waals surface area contributed by atoms with Crippen LogP contribution >= 0.6 is 11.3 Å². The van der Waals surface area contributed by atoms with E-state index in [1.165, 1.54) is 16.2 Å². The average molecular weight is 374 g/mol. The molecule has 26 heavy (non-hydrogen) atoms. The van der Waals surface area contributed by atoms with Crippen molar-refractivity contribution in [2.75, 3.05) is 5.32 Å². The van der Waals surface area contributed by atoms with E-state index in [0.29, 0.717) is 11.6 Å². The van der Waals surface area contributed by atoms with Crippen molar-refractivity contribution in [2.24, 2.45) is 23.7 Å². The van der Waals surface area contributed by atoms with Gasteiger partial charge in [0.15, 0.2) is 0 Å². The van der Waals surface area contributed by atoms with Crippen LogP contribution in [0.25, 0.3) is 0 Å². The molecular formula is C18H22N4O3S. The molecule has 1 saturated heterocycles. The number of nitrogens with one attached hydrogen (secondary N) is 1. The summed E-state index contributed by atoms with van der Waals surface area (Å²) < 4.78 is 0. The molecule has 5 atom stereocenters. The van der Waals surface area contributed by atoms with E-state index in [1.807, 2.05) is 6.92 Å². The summed E-state index contributed by atoms with van der Waals surface area (Å²) in [5.74, 6) is -1.02. The van der Waals surface area contributed by atoms with Crippen LogP contribution in [-0.2, 0) is 20.8 Å². The second kappa shape index (κ2) is 6.57. The van der Waals surface area contributed by atoms with Crippen LogP contribution in [0.1, 0.15) is 38.1 Å². The molecule has 8 heteroatoms. The Morgan fingerprint density at radius 1 is 1.23 bits per heavy atom. The lowest BCUT2D eigenvalue weighted by Gasteiger charge is -2.25. The van der Waals surface area contributed by atoms with Crippen LogP contribution in [-0.4, -0.2) is 38.9 Å². The number of amides is 3. The van der Waals surface area contributed by atoms with Crippen molar-refractivity contribution >= 4 is 34.2 Å². The average Bonchev–Trinajstić information content (AvgIpc) is 3.37. The van der Waals surface area contributed by atoms with Crippen molar-refractivity contribution in [1.29, 1.82) is 0 Å². The van der Waals surface area contributed by atoms with Crippen LogP contribution in [0.4, 0.5) is 5.13 Å². The van der Waals surface area contributed by atoms with Gasteiger partial charge in [0.25, 0.3) is 0 Å². The Morgan fingerprint density at radius 3 is 2.46 bits per heavy atom. The molecule has 7 nitrogen and oxygen atoms in total. The Labute approximate surface area is 155 Å². The molecule has 3 amide bonds. The first-order chi connectivity index (χ1) is 12.5. The molecule has 0 radical (unpaired) electrons. The van der Waals surface area contributed by atoms with Crippen molar-refractivity contribution in [3.05, 3.63) is 17.2 Å². The van der Waals surface area contributed by atoms with Gasteiger partial charge in [-0.05, 0) is 31.1 Å². The minimum absolute atomic E-state index is 0.145. The number of anilines is 1. The van der Waals surface area contributed by atoms with Crippen LogP contribution in [0.15, 0.2) is 12.2 Å². The maximum absolute atomic E-state index is 12.9. The van der Waals surface area contributed by atoms with Gasteiger partial charge in [-0.1, -0.05) is 37.3 Å². The van der Waals surface area contributed by atoms with Crippen LogP contribution in [0, 0.1) is 23.7 Å². The molecule has 1 aliphatic heterocycles. The molecular weight excluding hydrogens is 352 g/mol. The summed E-state index contributed by atoms with van der Waals surface area (Å²) in [6, 6.07) is -0.793. The summed E-state index contributed by atoms with van der Waals surface area (Å²) in [5, 5.41) is 12.0. The second-order valence-electron chi connectivity index (χ2n) is 7.21. The number of nitrogens with zero attached hydrogens (tertiary/aromatic N) is 3. The van der Waals surface area contributed by atoms with Gasteiger partial charge in [0, 0.05) is 6.42 Å². The maximum atomic E-state index is 12.9. The molecule has 0 spiro atoms. The van der Waals surface area contributed by atoms with Crippen molar-refractivity contribution in [2.45, 2.75) is 45.6 Å². The minimum Gasteiger partial charge on any atom is -0.299 e. The number of rotatable bonds is 6. The predicted molar refractivity (Wildman–Crippen MR) is 96.2 cm³/mol. The van der Waals surface area contributed by atoms with E-state index in [0.717, 1.165) is 24.3 Å². The molecule has 5 unspecified atom stereocenters. The fraction of sp³-hybridized carbons (Fsp3) is 0.611. The highest BCUT2D eigenvalue weighted by atomic mass is 32.1. The van der Waals surface area contributed by atoms with E-state index < -0.39 is 6.04 Å². The van der Waals surface area contributed by atoms with E-state index in [2.05, 4.69) is 34.6 Å². The number of carbonyl (C=O) groups is 3. The van der Waals surface area contributed by atoms with Gasteiger partial charge in [0.05, 0.1) is 11.8 Å². The summed E-state index contributed by atoms with van der Waals surface area (Å²) in [5.41, 5.74) is 0. The summed E-state index contributed by atoms with van der Waals surface area (Å²) >= 11 is 1.33. The zero-order valence-corrected chi connectivity index (χ0v) is 15.7. The lowest BCUT2D eigenvalue weighted by atomic mass is 9.85. The van der Waals surface area contributed by atoms with E-state index >= 15 is 0 Å². The number of imide groups is 1. The van der Waals surface area contributed by atoms with Gasteiger partial charge < -0.3 is 0 Å². The smallest absolute Gasteiger partial charge is 0.249 e. The number of fused-ring (bicyclic) bond motifs is 5. The van der Waals surface area contributed by atoms with Gasteiger partial charge in [0.2, 0.25) is 22.9 Å². The molecule has 2 fully saturated rings. The zero-order valence-electron chi connectivity index (χ0n) is 14.8. The third-order valence-corrected chi connectivity index (χ3v) is 6.56. The molecule has 4 rings (SSSR count). The first-order valence-electron chi connectivity index (χ1n) is 9.23. The van der Waals surface area contributed by atoms with Crippen molar-refractivity contribution < 1.29 is 14.4 Å². The van der Waals surface area contributed by atoms with E-state index in [9.17, 15) is 14.4 Å². The lowest BCUT2D eigenvalue weighted by Crippen LogP contribution is -2.48. The van der Waals surface area contributed by atoms with Gasteiger partial charge in [-0.25, -0.2) is 0 Å². The maximum Gasteiger partial charge on any atom is 0.249 e. The number of carbonyl (C=O) groups excluding carboxylic acids is 3. The fourth-order valence-corrected chi connectivity index (χ4v) is 5.37. The van der Waals surface area contributed by atoms with E-state index in [1.54, 1.807) is 0 Å². The van der Waals surface area contributed by atoms with Gasteiger partial charge in [0.1, 0.15) is 11.0 Å². The largest absolute Gasteiger partial charge is 0.299 e. The summed E-state index contributed by atoms with van der Waals surface area (Å²) in [6.07, 6.45) is 7.14. The molecule has 1 aromatic rings. The predicted octanol–water partition coefficient (Wildman–Crippen LogP) is 2.01. The van der Waals surface area contributed by atoms with Crippen molar-refractivity contribution in [3.63, 3.8) is 0 Å². The topological polar surface area (TPSA) is 92.3 Å². The number of allylic oxidation sites excluding steroid dienone is 2. The third-order valence-electron chi connectivity index (χ3n) is 5.67. The van der Waals surface area contributed by atoms with Gasteiger partial charge in [-0.15, -0.1) is 10.2 Å². The fourth-order valence-electron chi connectivity index (χ4n) is 4.53. The van der Waals surface area contributed by atoms with Crippen LogP contribution in [0.3, 0.4) is 0 Å². The lowest BCUT2D eigenvalue weighted by molar-refractivity contribution is -0.147. The minimum atomic E-state index is -0.793. The first kappa shape index (κ1) is 17.3. The molecule has 1 aromatic heterocycles. The quantitative estimate of drug-likeness (QED) is 0.607. The Bertz CT molecular complexity index is 759. The Morgan fingerprint density at radius 2 is 1.88 bits per heavy atom. The van der Waals surface area contributed by atoms with Crippen LogP contribution in [0.5, 0.6) is 0 Å². The van der Waals surface area contributed by atoms with E-state index in [-0.39, 0.29) is 41.4 Å². The van der Waals surface area contributed by atoms with Crippen molar-refractivity contribution in [3.8, 4) is 0 Å². The second-order valence-corrected chi connectivity index (χ2v) is 8.27. The summed E-state index contributed by atoms with van der Waals surface area (Å²) in [6.45, 7) is 3.87. The molecule has 2 aliphatic carbocycles. The Hall–Kier alpha value is -2.09. The summed E-state index contributed by atoms with van der Waals surface area (Å²) in [4.78, 5) is 39.8. The van der Waals surface area contributed by atoms with E-state index in [4.69, 9.17) is 0 Å². The van der Waals surface area contributed by atoms with Crippen LogP contribution < -0.4 is 5.32 Å². The number of likely N-dealkylation sites (tertiary alicyclic amines) is 1. The zero-order chi connectivity index (χ0) is 18.4. The molecule has 1 N–H and O–H groups in total. The van der Waals surface area contributed by atoms with Gasteiger partial charge >= 0.3 is 0 Å². The SMILES string of the molecule is CCCc1nnc(NC(=O)C(CC)N2C(=O)C3C4C=CC(C4)C3C2=O)s1. The Kier molecular flexibility index (Phi) is 4.38. The normalized spacial score (nSPS) is 30.2. The van der Waals surface area contributed by atoms with Crippen molar-refractivity contribution in [1.82, 2.24) is 15.1 Å². The number of hydrogen-bond donors (Lipinski definition) is 1. The van der Waals surface area contributed by atoms with Gasteiger partial charge in [-0.3, -0.25) is 24.6 Å². The molecule has 3 aliphatic rings. The van der Waals surface area contributed by atoms with Gasteiger partial charge in [-0.2, -0.15) is 0 Å². The summed E-state index contributed by atoms with van der Waals surface area (Å²) in [7, 11) is 0. The molecule has 0 aromatic carbocycles. The van der Waals surface area contributed by atoms with Crippen LogP contribution in [0.2, 0.25) is 0 Å². The number of aromatic nitrogens is 2. The molecule has 2 heterocycles. The highest BCUT2D eigenvalue weighted by Gasteiger charge is 2.60. The molecule has 1 saturated carbocycles. The highest BCUT2D eigenvalue weighted by molar-refractivity contribution is 7.15. The highest BCUT2D eigenvalue weighted by Crippen LogP contribution is 2.53. The standard InChI is InChI=1S/C18H22N4O3S/c1-3-5-12-20-21-18(26-12)19-15(23)11(4-2)22-16(24)13-9-6-7-10(8-9)14(13)17(22)25/h6-7,9-11,13-14H,3-5,8H2,1-2H3,(H,19,21,23). The molecule has 138 valence electrons. The Balaban J connectivity index is 1.51. The first-order valence-corrected chi connectivity index (χ1v) is 10.0.